The third-order valence-electron chi connectivity index (χ3n) is 1.61. The number of aliphatic hydroxyl groups excluding tert-OH is 1. The smallest absolute Gasteiger partial charge is 0.306 e. The highest BCUT2D eigenvalue weighted by atomic mass is 16.5. The fraction of sp³-hybridized carbons (Fsp3) is 0.444. The first-order valence-electron chi connectivity index (χ1n) is 4.39. The van der Waals surface area contributed by atoms with Gasteiger partial charge in [0.25, 0.3) is 0 Å². The van der Waals surface area contributed by atoms with Crippen LogP contribution in [0.2, 0.25) is 0 Å². The van der Waals surface area contributed by atoms with Crippen LogP contribution < -0.4 is 4.74 Å². The number of hydrogen-bond acceptors (Lipinski definition) is 5. The average molecular weight is 212 g/mol. The number of rotatable bonds is 5. The summed E-state index contributed by atoms with van der Waals surface area (Å²) in [7, 11) is 0. The Morgan fingerprint density at radius 2 is 2.33 bits per heavy atom. The molecule has 0 fully saturated rings. The maximum absolute atomic E-state index is 10.2. The Morgan fingerprint density at radius 3 is 2.93 bits per heavy atom. The first kappa shape index (κ1) is 11.4. The minimum atomic E-state index is -1.06. The van der Waals surface area contributed by atoms with Crippen LogP contribution in [-0.2, 0) is 4.79 Å². The number of nitrogens with zero attached hydrogens (tertiary/aromatic N) is 2. The first-order valence-corrected chi connectivity index (χ1v) is 4.39. The Bertz CT molecular complexity index is 343. The lowest BCUT2D eigenvalue weighted by Gasteiger charge is -2.09. The molecule has 0 radical (unpaired) electrons. The van der Waals surface area contributed by atoms with Gasteiger partial charge in [-0.05, 0) is 6.92 Å². The molecule has 1 atom stereocenters. The maximum Gasteiger partial charge on any atom is 0.306 e. The van der Waals surface area contributed by atoms with Crippen molar-refractivity contribution in [1.82, 2.24) is 9.97 Å². The predicted molar refractivity (Wildman–Crippen MR) is 50.5 cm³/mol. The lowest BCUT2D eigenvalue weighted by Crippen LogP contribution is -2.21. The molecule has 1 rings (SSSR count). The minimum Gasteiger partial charge on any atom is -0.481 e. The molecule has 6 nitrogen and oxygen atoms in total. The van der Waals surface area contributed by atoms with Gasteiger partial charge in [0.2, 0.25) is 5.88 Å². The van der Waals surface area contributed by atoms with E-state index in [0.29, 0.717) is 5.88 Å². The standard InChI is InChI=1S/C9H12N2O4/c1-6-2-8(11-5-10-6)15-4-7(12)3-9(13)14/h2,5,7,12H,3-4H2,1H3,(H,13,14). The number of ether oxygens (including phenoxy) is 1. The fourth-order valence-electron chi connectivity index (χ4n) is 0.951. The topological polar surface area (TPSA) is 92.5 Å². The van der Waals surface area contributed by atoms with E-state index in [1.165, 1.54) is 6.33 Å². The number of carboxylic acid groups (broad SMARTS) is 1. The highest BCUT2D eigenvalue weighted by Crippen LogP contribution is 2.06. The van der Waals surface area contributed by atoms with Gasteiger partial charge in [-0.25, -0.2) is 9.97 Å². The fourth-order valence-corrected chi connectivity index (χ4v) is 0.951. The van der Waals surface area contributed by atoms with E-state index in [9.17, 15) is 9.90 Å². The molecule has 1 heterocycles. The molecule has 0 aliphatic rings. The van der Waals surface area contributed by atoms with Gasteiger partial charge in [0.05, 0.1) is 12.5 Å². The summed E-state index contributed by atoms with van der Waals surface area (Å²) < 4.78 is 5.09. The predicted octanol–water partition coefficient (Wildman–Crippen LogP) is -0.000580. The van der Waals surface area contributed by atoms with Crippen molar-refractivity contribution in [2.45, 2.75) is 19.4 Å². The van der Waals surface area contributed by atoms with Crippen LogP contribution in [0.1, 0.15) is 12.1 Å². The Morgan fingerprint density at radius 1 is 1.60 bits per heavy atom. The van der Waals surface area contributed by atoms with E-state index >= 15 is 0 Å². The van der Waals surface area contributed by atoms with Gasteiger partial charge >= 0.3 is 5.97 Å². The second-order valence-electron chi connectivity index (χ2n) is 3.06. The number of carboxylic acids is 1. The van der Waals surface area contributed by atoms with Gasteiger partial charge in [-0.2, -0.15) is 0 Å². The zero-order valence-corrected chi connectivity index (χ0v) is 8.25. The molecule has 0 aliphatic heterocycles. The average Bonchev–Trinajstić information content (AvgIpc) is 2.14. The number of hydrogen-bond donors (Lipinski definition) is 2. The van der Waals surface area contributed by atoms with Crippen molar-refractivity contribution in [1.29, 1.82) is 0 Å². The number of aromatic nitrogens is 2. The molecule has 0 saturated carbocycles. The van der Waals surface area contributed by atoms with Gasteiger partial charge in [0.1, 0.15) is 12.9 Å². The number of aliphatic carboxylic acids is 1. The summed E-state index contributed by atoms with van der Waals surface area (Å²) in [6, 6.07) is 1.60. The monoisotopic (exact) mass is 212 g/mol. The molecule has 0 spiro atoms. The molecule has 1 unspecified atom stereocenters. The number of aliphatic hydroxyl groups is 1. The van der Waals surface area contributed by atoms with Crippen molar-refractivity contribution >= 4 is 5.97 Å². The summed E-state index contributed by atoms with van der Waals surface area (Å²) in [6.07, 6.45) is -0.0315. The van der Waals surface area contributed by atoms with Crippen LogP contribution in [0.5, 0.6) is 5.88 Å². The molecule has 82 valence electrons. The minimum absolute atomic E-state index is 0.0945. The third-order valence-corrected chi connectivity index (χ3v) is 1.61. The Balaban J connectivity index is 2.40. The zero-order valence-electron chi connectivity index (χ0n) is 8.25. The van der Waals surface area contributed by atoms with E-state index < -0.39 is 12.1 Å². The van der Waals surface area contributed by atoms with Crippen molar-refractivity contribution in [3.8, 4) is 5.88 Å². The molecule has 0 aromatic carbocycles. The van der Waals surface area contributed by atoms with Gasteiger partial charge in [-0.15, -0.1) is 0 Å². The van der Waals surface area contributed by atoms with Crippen LogP contribution >= 0.6 is 0 Å². The van der Waals surface area contributed by atoms with Gasteiger partial charge in [-0.3, -0.25) is 4.79 Å². The molecule has 1 aromatic heterocycles. The summed E-state index contributed by atoms with van der Waals surface area (Å²) in [4.78, 5) is 17.9. The Hall–Kier alpha value is -1.69. The van der Waals surface area contributed by atoms with Gasteiger partial charge < -0.3 is 14.9 Å². The summed E-state index contributed by atoms with van der Waals surface area (Å²) in [6.45, 7) is 1.69. The first-order chi connectivity index (χ1) is 7.08. The lowest BCUT2D eigenvalue weighted by atomic mass is 10.3. The molecule has 6 heteroatoms. The molecule has 0 saturated heterocycles. The van der Waals surface area contributed by atoms with E-state index in [0.717, 1.165) is 5.69 Å². The van der Waals surface area contributed by atoms with Crippen molar-refractivity contribution in [3.63, 3.8) is 0 Å². The third kappa shape index (κ3) is 4.37. The highest BCUT2D eigenvalue weighted by molar-refractivity contribution is 5.67. The summed E-state index contributed by atoms with van der Waals surface area (Å²) in [5.41, 5.74) is 0.743. The van der Waals surface area contributed by atoms with Crippen LogP contribution in [0.3, 0.4) is 0 Å². The van der Waals surface area contributed by atoms with E-state index in [1.54, 1.807) is 13.0 Å². The second-order valence-corrected chi connectivity index (χ2v) is 3.06. The largest absolute Gasteiger partial charge is 0.481 e. The van der Waals surface area contributed by atoms with Crippen molar-refractivity contribution in [2.75, 3.05) is 6.61 Å². The molecule has 0 amide bonds. The Labute approximate surface area is 86.6 Å². The highest BCUT2D eigenvalue weighted by Gasteiger charge is 2.10. The molecule has 15 heavy (non-hydrogen) atoms. The molecular weight excluding hydrogens is 200 g/mol. The van der Waals surface area contributed by atoms with Crippen LogP contribution in [-0.4, -0.2) is 38.9 Å². The molecule has 2 N–H and O–H groups in total. The molecule has 0 aliphatic carbocycles. The summed E-state index contributed by atoms with van der Waals surface area (Å²) >= 11 is 0. The Kier molecular flexibility index (Phi) is 3.99. The van der Waals surface area contributed by atoms with E-state index in [1.807, 2.05) is 0 Å². The van der Waals surface area contributed by atoms with Gasteiger partial charge in [-0.1, -0.05) is 0 Å². The van der Waals surface area contributed by atoms with Crippen LogP contribution in [0.4, 0.5) is 0 Å². The zero-order chi connectivity index (χ0) is 11.3. The quantitative estimate of drug-likeness (QED) is 0.713. The van der Waals surface area contributed by atoms with E-state index in [-0.39, 0.29) is 13.0 Å². The molecule has 0 bridgehead atoms. The van der Waals surface area contributed by atoms with Crippen LogP contribution in [0, 0.1) is 6.92 Å². The maximum atomic E-state index is 10.2. The van der Waals surface area contributed by atoms with Crippen molar-refractivity contribution in [2.24, 2.45) is 0 Å². The molecular formula is C9H12N2O4. The summed E-state index contributed by atoms with van der Waals surface area (Å²) in [5, 5.41) is 17.6. The van der Waals surface area contributed by atoms with Crippen LogP contribution in [0.15, 0.2) is 12.4 Å². The lowest BCUT2D eigenvalue weighted by molar-refractivity contribution is -0.139. The van der Waals surface area contributed by atoms with E-state index in [4.69, 9.17) is 9.84 Å². The second kappa shape index (κ2) is 5.26. The van der Waals surface area contributed by atoms with Crippen LogP contribution in [0.25, 0.3) is 0 Å². The van der Waals surface area contributed by atoms with E-state index in [2.05, 4.69) is 9.97 Å². The number of carbonyl (C=O) groups is 1. The van der Waals surface area contributed by atoms with Crippen molar-refractivity contribution < 1.29 is 19.7 Å². The van der Waals surface area contributed by atoms with Gasteiger partial charge in [0, 0.05) is 11.8 Å². The molecule has 1 aromatic rings. The number of aryl methyl sites for hydroxylation is 1. The summed E-state index contributed by atoms with van der Waals surface area (Å²) in [5.74, 6) is -0.739. The normalized spacial score (nSPS) is 12.1. The van der Waals surface area contributed by atoms with Gasteiger partial charge in [0.15, 0.2) is 0 Å². The SMILES string of the molecule is Cc1cc(OCC(O)CC(=O)O)ncn1. The van der Waals surface area contributed by atoms with Crippen molar-refractivity contribution in [3.05, 3.63) is 18.1 Å².